The van der Waals surface area contributed by atoms with Crippen molar-refractivity contribution in [1.82, 2.24) is 0 Å². The van der Waals surface area contributed by atoms with Gasteiger partial charge in [0.2, 0.25) is 0 Å². The van der Waals surface area contributed by atoms with E-state index in [9.17, 15) is 4.79 Å². The Morgan fingerprint density at radius 3 is 1.73 bits per heavy atom. The summed E-state index contributed by atoms with van der Waals surface area (Å²) in [7, 11) is 0. The smallest absolute Gasteiger partial charge is 0.303 e. The summed E-state index contributed by atoms with van der Waals surface area (Å²) in [5.41, 5.74) is 0. The standard InChI is InChI=1S/C12H24O2.K.H2/c1-2-3-4-5-6-7-8-9-10-11-12(13)14;;/h2-11H2,1H3,(H,13,14);;1H. The Morgan fingerprint density at radius 1 is 0.933 bits per heavy atom. The number of hydrogen-bond acceptors (Lipinski definition) is 1. The second-order valence-electron chi connectivity index (χ2n) is 3.97. The molecule has 2 nitrogen and oxygen atoms in total. The van der Waals surface area contributed by atoms with Crippen molar-refractivity contribution in [2.75, 3.05) is 0 Å². The molecule has 0 heterocycles. The maximum absolute atomic E-state index is 10.2. The second-order valence-corrected chi connectivity index (χ2v) is 3.97. The molecule has 0 saturated carbocycles. The van der Waals surface area contributed by atoms with E-state index in [1.54, 1.807) is 0 Å². The molecule has 0 aliphatic rings. The fourth-order valence-corrected chi connectivity index (χ4v) is 1.59. The maximum Gasteiger partial charge on any atom is 0.303 e. The third-order valence-electron chi connectivity index (χ3n) is 2.49. The van der Waals surface area contributed by atoms with Gasteiger partial charge in [-0.25, -0.2) is 0 Å². The van der Waals surface area contributed by atoms with Crippen LogP contribution in [0.2, 0.25) is 0 Å². The van der Waals surface area contributed by atoms with Crippen LogP contribution in [0.1, 0.15) is 72.6 Å². The molecule has 0 atom stereocenters. The van der Waals surface area contributed by atoms with Gasteiger partial charge in [-0.05, 0) is 6.42 Å². The van der Waals surface area contributed by atoms with E-state index in [0.717, 1.165) is 12.8 Å². The van der Waals surface area contributed by atoms with E-state index < -0.39 is 5.97 Å². The molecule has 0 saturated heterocycles. The van der Waals surface area contributed by atoms with Crippen LogP contribution in [-0.2, 0) is 4.79 Å². The zero-order chi connectivity index (χ0) is 10.6. The largest absolute Gasteiger partial charge is 0.481 e. The molecule has 0 aliphatic heterocycles. The zero-order valence-electron chi connectivity index (χ0n) is 10.4. The van der Waals surface area contributed by atoms with Crippen LogP contribution >= 0.6 is 0 Å². The van der Waals surface area contributed by atoms with Crippen molar-refractivity contribution >= 4 is 57.4 Å². The summed E-state index contributed by atoms with van der Waals surface area (Å²) in [6.45, 7) is 2.23. The molecular weight excluding hydrogens is 215 g/mol. The molecule has 0 amide bonds. The van der Waals surface area contributed by atoms with Crippen molar-refractivity contribution in [3.8, 4) is 0 Å². The predicted molar refractivity (Wildman–Crippen MR) is 67.3 cm³/mol. The Bertz CT molecular complexity index is 143. The van der Waals surface area contributed by atoms with Crippen LogP contribution in [0.3, 0.4) is 0 Å². The summed E-state index contributed by atoms with van der Waals surface area (Å²) in [6.07, 6.45) is 11.5. The van der Waals surface area contributed by atoms with Crippen LogP contribution in [0.5, 0.6) is 0 Å². The average molecular weight is 241 g/mol. The number of unbranched alkanes of at least 4 members (excludes halogenated alkanes) is 8. The van der Waals surface area contributed by atoms with E-state index in [4.69, 9.17) is 5.11 Å². The first-order valence-corrected chi connectivity index (χ1v) is 5.99. The van der Waals surface area contributed by atoms with Gasteiger partial charge in [0.05, 0.1) is 0 Å². The average Bonchev–Trinajstić information content (AvgIpc) is 2.15. The molecule has 1 N–H and O–H groups in total. The molecule has 1 radical (unpaired) electrons. The van der Waals surface area contributed by atoms with Gasteiger partial charge in [-0.15, -0.1) is 0 Å². The first-order valence-electron chi connectivity index (χ1n) is 5.99. The van der Waals surface area contributed by atoms with Crippen LogP contribution < -0.4 is 0 Å². The van der Waals surface area contributed by atoms with Crippen molar-refractivity contribution in [2.24, 2.45) is 0 Å². The van der Waals surface area contributed by atoms with Crippen LogP contribution in [0.4, 0.5) is 0 Å². The minimum atomic E-state index is -0.659. The molecule has 0 aliphatic carbocycles. The van der Waals surface area contributed by atoms with Crippen LogP contribution in [-0.4, -0.2) is 62.5 Å². The third-order valence-corrected chi connectivity index (χ3v) is 2.49. The monoisotopic (exact) mass is 241 g/mol. The van der Waals surface area contributed by atoms with E-state index >= 15 is 0 Å². The number of aliphatic carboxylic acids is 1. The molecule has 0 spiro atoms. The minimum absolute atomic E-state index is 0. The molecule has 3 heteroatoms. The number of carbonyl (C=O) groups is 1. The molecule has 0 bridgehead atoms. The van der Waals surface area contributed by atoms with Crippen molar-refractivity contribution in [2.45, 2.75) is 71.1 Å². The van der Waals surface area contributed by atoms with Crippen molar-refractivity contribution in [3.05, 3.63) is 0 Å². The summed E-state index contributed by atoms with van der Waals surface area (Å²) in [6, 6.07) is 0. The van der Waals surface area contributed by atoms with E-state index in [0.29, 0.717) is 6.42 Å². The quantitative estimate of drug-likeness (QED) is 0.466. The van der Waals surface area contributed by atoms with Gasteiger partial charge in [-0.1, -0.05) is 58.3 Å². The normalized spacial score (nSPS) is 9.67. The number of carboxylic acids is 1. The molecule has 0 aromatic carbocycles. The van der Waals surface area contributed by atoms with Crippen molar-refractivity contribution < 1.29 is 11.3 Å². The molecular formula is C12H26KO2. The summed E-state index contributed by atoms with van der Waals surface area (Å²) in [5.74, 6) is -0.659. The van der Waals surface area contributed by atoms with Gasteiger partial charge in [-0.3, -0.25) is 4.79 Å². The van der Waals surface area contributed by atoms with E-state index in [1.807, 2.05) is 0 Å². The Hall–Kier alpha value is 1.11. The summed E-state index contributed by atoms with van der Waals surface area (Å²) in [5, 5.41) is 8.41. The minimum Gasteiger partial charge on any atom is -0.481 e. The molecule has 0 rings (SSSR count). The topological polar surface area (TPSA) is 37.3 Å². The predicted octanol–water partition coefficient (Wildman–Crippen LogP) is 3.86. The maximum atomic E-state index is 10.2. The van der Waals surface area contributed by atoms with Gasteiger partial charge in [-0.2, -0.15) is 0 Å². The molecule has 0 aromatic heterocycles. The Labute approximate surface area is 138 Å². The summed E-state index contributed by atoms with van der Waals surface area (Å²) in [4.78, 5) is 10.2. The fraction of sp³-hybridized carbons (Fsp3) is 0.917. The van der Waals surface area contributed by atoms with Gasteiger partial charge in [0, 0.05) is 59.2 Å². The Balaban J connectivity index is -0.000000845. The number of rotatable bonds is 10. The molecule has 15 heavy (non-hydrogen) atoms. The van der Waals surface area contributed by atoms with Crippen molar-refractivity contribution in [3.63, 3.8) is 0 Å². The van der Waals surface area contributed by atoms with Gasteiger partial charge < -0.3 is 5.11 Å². The first kappa shape index (κ1) is 18.5. The third kappa shape index (κ3) is 17.7. The SMILES string of the molecule is CCCCCCCCCCCC(=O)O.[HH].[K]. The Morgan fingerprint density at radius 2 is 1.33 bits per heavy atom. The second kappa shape index (κ2) is 15.1. The van der Waals surface area contributed by atoms with Crippen LogP contribution in [0, 0.1) is 0 Å². The molecule has 0 aromatic rings. The van der Waals surface area contributed by atoms with Gasteiger partial charge in [0.1, 0.15) is 0 Å². The summed E-state index contributed by atoms with van der Waals surface area (Å²) < 4.78 is 0. The van der Waals surface area contributed by atoms with Gasteiger partial charge >= 0.3 is 5.97 Å². The fourth-order valence-electron chi connectivity index (χ4n) is 1.59. The number of carboxylic acid groups (broad SMARTS) is 1. The van der Waals surface area contributed by atoms with Crippen LogP contribution in [0.25, 0.3) is 0 Å². The van der Waals surface area contributed by atoms with E-state index in [-0.39, 0.29) is 52.8 Å². The summed E-state index contributed by atoms with van der Waals surface area (Å²) >= 11 is 0. The van der Waals surface area contributed by atoms with Crippen LogP contribution in [0.15, 0.2) is 0 Å². The molecule has 0 unspecified atom stereocenters. The van der Waals surface area contributed by atoms with Crippen molar-refractivity contribution in [1.29, 1.82) is 0 Å². The van der Waals surface area contributed by atoms with Gasteiger partial charge in [0.15, 0.2) is 0 Å². The first-order chi connectivity index (χ1) is 6.77. The zero-order valence-corrected chi connectivity index (χ0v) is 13.5. The van der Waals surface area contributed by atoms with E-state index in [1.165, 1.54) is 44.9 Å². The Kier molecular flexibility index (Phi) is 18.6. The molecule has 87 valence electrons. The number of hydrogen-bond donors (Lipinski definition) is 1. The molecule has 0 fully saturated rings. The van der Waals surface area contributed by atoms with E-state index in [2.05, 4.69) is 6.92 Å². The van der Waals surface area contributed by atoms with Gasteiger partial charge in [0.25, 0.3) is 0 Å².